The molecule has 74 heavy (non-hydrogen) atoms. The Morgan fingerprint density at radius 1 is 0.500 bits per heavy atom. The van der Waals surface area contributed by atoms with Crippen LogP contribution in [0.25, 0.3) is 0 Å². The van der Waals surface area contributed by atoms with Gasteiger partial charge in [0, 0.05) is 122 Å². The van der Waals surface area contributed by atoms with Crippen molar-refractivity contribution in [3.8, 4) is 0 Å². The van der Waals surface area contributed by atoms with E-state index in [0.29, 0.717) is 31.4 Å². The Morgan fingerprint density at radius 2 is 0.865 bits per heavy atom. The zero-order chi connectivity index (χ0) is 55.3. The number of carbonyl (C=O) groups is 3. The molecule has 0 aromatic carbocycles. The van der Waals surface area contributed by atoms with Crippen LogP contribution in [0, 0.1) is 0 Å². The highest BCUT2D eigenvalue weighted by molar-refractivity contribution is 7.12. The van der Waals surface area contributed by atoms with E-state index in [1.54, 1.807) is 0 Å². The molecule has 41 heteroatoms. The predicted octanol–water partition coefficient (Wildman–Crippen LogP) is 4.11. The van der Waals surface area contributed by atoms with Gasteiger partial charge in [-0.25, -0.2) is 14.4 Å². The highest BCUT2D eigenvalue weighted by atomic mass is 31.1. The Balaban J connectivity index is 1.64. The minimum absolute atomic E-state index is 0.0138. The molecule has 3 heterocycles. The van der Waals surface area contributed by atoms with Gasteiger partial charge >= 0.3 is 53.1 Å². The van der Waals surface area contributed by atoms with Gasteiger partial charge in [-0.1, -0.05) is 12.6 Å². The molecule has 430 valence electrons. The SMILES string of the molecule is C[Si](CCCOC(=O)[C@]1(OP)O[C@@H](COP)C(OP)C1OP)C[Si](C)O[Si](C)(CCCOC(=O)[C@]1(OP)O[C@@H](COP)C(OP)C1OP)O[Si](C)O[Si](C)CCCOC(=O)[C@]1(OP)O[C@@H](COP)C(OP)C1OP. The zero-order valence-electron chi connectivity index (χ0n) is 41.6. The van der Waals surface area contributed by atoms with Crippen LogP contribution in [0.2, 0.25) is 56.5 Å². The summed E-state index contributed by atoms with van der Waals surface area (Å²) in [6, 6.07) is 1.90. The van der Waals surface area contributed by atoms with E-state index in [-0.39, 0.29) is 39.6 Å². The second kappa shape index (κ2) is 36.7. The molecule has 0 bridgehead atoms. The van der Waals surface area contributed by atoms with Crippen molar-refractivity contribution in [2.45, 2.75) is 148 Å². The number of ether oxygens (including phenoxy) is 6. The molecule has 0 aromatic rings. The topological polar surface area (TPSA) is 245 Å². The number of carbonyl (C=O) groups excluding carboxylic acids is 3. The minimum Gasteiger partial charge on any atom is -0.462 e. The van der Waals surface area contributed by atoms with Crippen molar-refractivity contribution in [2.24, 2.45) is 0 Å². The molecule has 3 aliphatic rings. The molecule has 4 radical (unpaired) electrons. The van der Waals surface area contributed by atoms with Crippen molar-refractivity contribution < 1.29 is 109 Å². The molecular weight excluding hydrogens is 1290 g/mol. The molecule has 0 aliphatic carbocycles. The van der Waals surface area contributed by atoms with E-state index in [2.05, 4.69) is 108 Å². The van der Waals surface area contributed by atoms with Gasteiger partial charge in [0.1, 0.15) is 36.6 Å². The van der Waals surface area contributed by atoms with Crippen LogP contribution in [-0.2, 0) is 109 Å². The van der Waals surface area contributed by atoms with E-state index in [1.165, 1.54) is 0 Å². The Bertz CT molecular complexity index is 1610. The fourth-order valence-corrected chi connectivity index (χ4v) is 28.7. The van der Waals surface area contributed by atoms with E-state index in [4.69, 9.17) is 95.1 Å². The van der Waals surface area contributed by atoms with Gasteiger partial charge in [0.25, 0.3) is 0 Å². The maximum absolute atomic E-state index is 13.7. The summed E-state index contributed by atoms with van der Waals surface area (Å²) in [5.74, 6) is -8.12. The van der Waals surface area contributed by atoms with E-state index in [1.807, 2.05) is 38.6 Å². The fourth-order valence-electron chi connectivity index (χ4n) is 8.43. The fraction of sp³-hybridized carbons (Fsp3) is 0.909. The van der Waals surface area contributed by atoms with Gasteiger partial charge in [0.05, 0.1) is 39.6 Å². The maximum atomic E-state index is 13.7. The third-order valence-corrected chi connectivity index (χ3v) is 31.6. The first-order chi connectivity index (χ1) is 35.3. The summed E-state index contributed by atoms with van der Waals surface area (Å²) in [7, 11) is 16.6. The number of hydrogen-bond donors (Lipinski definition) is 0. The molecular formula is C33H74O24P12Si5. The summed E-state index contributed by atoms with van der Waals surface area (Å²) < 4.78 is 120. The Hall–Kier alpha value is 3.93. The summed E-state index contributed by atoms with van der Waals surface area (Å²) >= 11 is 0. The predicted molar refractivity (Wildman–Crippen MR) is 317 cm³/mol. The number of hydrogen-bond acceptors (Lipinski definition) is 24. The molecule has 25 atom stereocenters. The second-order valence-corrected chi connectivity index (χ2v) is 33.7. The zero-order valence-corrected chi connectivity index (χ0v) is 60.5. The van der Waals surface area contributed by atoms with Crippen LogP contribution >= 0.6 is 114 Å². The Labute approximate surface area is 470 Å². The summed E-state index contributed by atoms with van der Waals surface area (Å²) in [5, 5.41) is 0. The lowest BCUT2D eigenvalue weighted by atomic mass is 10.1. The summed E-state index contributed by atoms with van der Waals surface area (Å²) in [6.45, 7) is 10.7. The summed E-state index contributed by atoms with van der Waals surface area (Å²) in [4.78, 5) is 40.6. The molecule has 3 fully saturated rings. The van der Waals surface area contributed by atoms with Crippen molar-refractivity contribution in [3.63, 3.8) is 0 Å². The van der Waals surface area contributed by atoms with Crippen LogP contribution in [0.5, 0.6) is 0 Å². The van der Waals surface area contributed by atoms with E-state index in [9.17, 15) is 14.4 Å². The molecule has 3 aliphatic heterocycles. The average Bonchev–Trinajstić information content (AvgIpc) is 3.99. The van der Waals surface area contributed by atoms with Crippen LogP contribution in [0.4, 0.5) is 0 Å². The van der Waals surface area contributed by atoms with Crippen molar-refractivity contribution in [2.75, 3.05) is 39.6 Å². The molecule has 19 unspecified atom stereocenters. The Kier molecular flexibility index (Phi) is 35.8. The van der Waals surface area contributed by atoms with Gasteiger partial charge in [-0.2, -0.15) is 0 Å². The van der Waals surface area contributed by atoms with Crippen molar-refractivity contribution in [3.05, 3.63) is 0 Å². The monoisotopic (exact) mass is 1370 g/mol. The van der Waals surface area contributed by atoms with Gasteiger partial charge in [0.15, 0.2) is 36.4 Å². The van der Waals surface area contributed by atoms with Gasteiger partial charge in [-0.15, -0.1) is 0 Å². The van der Waals surface area contributed by atoms with Crippen LogP contribution < -0.4 is 0 Å². The van der Waals surface area contributed by atoms with Crippen molar-refractivity contribution in [1.29, 1.82) is 0 Å². The second-order valence-electron chi connectivity index (χ2n) is 17.0. The highest BCUT2D eigenvalue weighted by Gasteiger charge is 2.65. The highest BCUT2D eigenvalue weighted by Crippen LogP contribution is 2.44. The smallest absolute Gasteiger partial charge is 0.370 e. The molecule has 3 rings (SSSR count). The van der Waals surface area contributed by atoms with Crippen LogP contribution in [0.15, 0.2) is 0 Å². The van der Waals surface area contributed by atoms with Gasteiger partial charge in [-0.3, -0.25) is 0 Å². The van der Waals surface area contributed by atoms with Crippen LogP contribution in [-0.4, -0.2) is 175 Å². The number of rotatable bonds is 38. The lowest BCUT2D eigenvalue weighted by Gasteiger charge is -2.34. The van der Waals surface area contributed by atoms with E-state index in [0.717, 1.165) is 11.7 Å². The van der Waals surface area contributed by atoms with Gasteiger partial charge < -0.3 is 95.1 Å². The van der Waals surface area contributed by atoms with Crippen LogP contribution in [0.3, 0.4) is 0 Å². The lowest BCUT2D eigenvalue weighted by Crippen LogP contribution is -2.52. The van der Waals surface area contributed by atoms with Crippen molar-refractivity contribution >= 4 is 176 Å². The summed E-state index contributed by atoms with van der Waals surface area (Å²) in [5.41, 5.74) is 0.851. The first-order valence-corrected chi connectivity index (χ1v) is 39.1. The maximum Gasteiger partial charge on any atom is 0.370 e. The van der Waals surface area contributed by atoms with E-state index < -0.39 is 135 Å². The van der Waals surface area contributed by atoms with E-state index >= 15 is 0 Å². The first kappa shape index (κ1) is 72.2. The molecule has 0 saturated carbocycles. The third-order valence-electron chi connectivity index (χ3n) is 11.7. The largest absolute Gasteiger partial charge is 0.462 e. The molecule has 0 amide bonds. The molecule has 3 saturated heterocycles. The Morgan fingerprint density at radius 3 is 1.20 bits per heavy atom. The standard InChI is InChI=1S/C33H74O24P12Si5/c1-70(12-6-9-37-28(34)31(52-67)25(49-64)22(46-61)19(43-31)15-40-58)18-72(3)56-74(5,14-8-11-39-30(36)33(54-69)27(51-66)24(48-63)21(45-33)17-42-60)57-73(4)55-71(2)13-7-10-38-29(35)32(53-68)26(50-65)23(47-62)20(44-32)16-41-59/h19-27H,6-18,58-69H2,1-5H3/t19-,20-,21-,22?,23?,24?,25?,26?,27?,31-,32-,33-,74?/m0/s1. The quantitative estimate of drug-likeness (QED) is 0.0278. The van der Waals surface area contributed by atoms with Crippen LogP contribution in [0.1, 0.15) is 19.3 Å². The average molecular weight is 1370 g/mol. The molecule has 24 nitrogen and oxygen atoms in total. The minimum atomic E-state index is -3.02. The molecule has 0 N–H and O–H groups in total. The first-order valence-electron chi connectivity index (χ1n) is 22.5. The number of esters is 3. The molecule has 0 spiro atoms. The van der Waals surface area contributed by atoms with Gasteiger partial charge in [0.2, 0.25) is 0 Å². The van der Waals surface area contributed by atoms with Crippen molar-refractivity contribution in [1.82, 2.24) is 0 Å². The van der Waals surface area contributed by atoms with Gasteiger partial charge in [-0.05, 0) is 63.2 Å². The molecule has 0 aromatic heterocycles. The summed E-state index contributed by atoms with van der Waals surface area (Å²) in [6.07, 6.45) is -5.78. The third kappa shape index (κ3) is 19.2. The normalized spacial score (nSPS) is 31.0. The lowest BCUT2D eigenvalue weighted by molar-refractivity contribution is -0.224.